The number of aromatic nitrogens is 2. The van der Waals surface area contributed by atoms with Gasteiger partial charge in [0.1, 0.15) is 12.4 Å². The maximum absolute atomic E-state index is 12.9. The van der Waals surface area contributed by atoms with Crippen molar-refractivity contribution in [1.82, 2.24) is 18.8 Å². The lowest BCUT2D eigenvalue weighted by Crippen LogP contribution is -2.31. The van der Waals surface area contributed by atoms with Crippen molar-refractivity contribution in [3.8, 4) is 0 Å². The molecule has 0 fully saturated rings. The van der Waals surface area contributed by atoms with E-state index in [0.717, 1.165) is 9.47 Å². The molecule has 2 aromatic rings. The Morgan fingerprint density at radius 3 is 2.43 bits per heavy atom. The predicted octanol–water partition coefficient (Wildman–Crippen LogP) is 3.40. The molecule has 30 heavy (non-hydrogen) atoms. The average Bonchev–Trinajstić information content (AvgIpc) is 3.06. The minimum Gasteiger partial charge on any atom is -0.334 e. The summed E-state index contributed by atoms with van der Waals surface area (Å²) in [5.41, 5.74) is -0.0682. The van der Waals surface area contributed by atoms with E-state index in [1.807, 2.05) is 0 Å². The lowest BCUT2D eigenvalue weighted by atomic mass is 10.2. The molecule has 0 saturated heterocycles. The van der Waals surface area contributed by atoms with Crippen LogP contribution in [-0.2, 0) is 23.1 Å². The van der Waals surface area contributed by atoms with Gasteiger partial charge < -0.3 is 9.47 Å². The number of halogens is 4. The Hall–Kier alpha value is -2.11. The topological polar surface area (TPSA) is 75.5 Å². The SMILES string of the molecule is CCN(CC)S(=O)(=O)c1ccc(Cl)c(C(=O)N(C)Cc2nccn2CC(F)(F)F)c1. The van der Waals surface area contributed by atoms with Crippen molar-refractivity contribution in [2.75, 3.05) is 20.1 Å². The average molecular weight is 467 g/mol. The third-order valence-corrected chi connectivity index (χ3v) is 6.76. The van der Waals surface area contributed by atoms with Gasteiger partial charge in [-0.05, 0) is 18.2 Å². The maximum atomic E-state index is 12.9. The molecule has 0 saturated carbocycles. The van der Waals surface area contributed by atoms with Crippen molar-refractivity contribution >= 4 is 27.5 Å². The van der Waals surface area contributed by atoms with E-state index in [-0.39, 0.29) is 40.9 Å². The number of carbonyl (C=O) groups is 1. The number of sulfonamides is 1. The lowest BCUT2D eigenvalue weighted by molar-refractivity contribution is -0.141. The van der Waals surface area contributed by atoms with Crippen molar-refractivity contribution in [2.45, 2.75) is 38.0 Å². The quantitative estimate of drug-likeness (QED) is 0.597. The largest absolute Gasteiger partial charge is 0.406 e. The van der Waals surface area contributed by atoms with Gasteiger partial charge >= 0.3 is 6.18 Å². The lowest BCUT2D eigenvalue weighted by Gasteiger charge is -2.21. The van der Waals surface area contributed by atoms with Crippen LogP contribution in [0.2, 0.25) is 5.02 Å². The molecule has 0 bridgehead atoms. The standard InChI is InChI=1S/C18H22ClF3N4O3S/c1-4-26(5-2)30(28,29)13-6-7-15(19)14(10-13)17(27)24(3)11-16-23-8-9-25(16)12-18(20,21)22/h6-10H,4-5,11-12H2,1-3H3. The van der Waals surface area contributed by atoms with Crippen LogP contribution >= 0.6 is 11.6 Å². The van der Waals surface area contributed by atoms with Gasteiger partial charge in [0.05, 0.1) is 22.0 Å². The summed E-state index contributed by atoms with van der Waals surface area (Å²) in [4.78, 5) is 17.8. The third kappa shape index (κ3) is 5.52. The summed E-state index contributed by atoms with van der Waals surface area (Å²) in [6, 6.07) is 3.80. The summed E-state index contributed by atoms with van der Waals surface area (Å²) in [5, 5.41) is 0.0315. The van der Waals surface area contributed by atoms with Gasteiger partial charge in [-0.2, -0.15) is 17.5 Å². The predicted molar refractivity (Wildman–Crippen MR) is 106 cm³/mol. The second-order valence-corrected chi connectivity index (χ2v) is 8.82. The van der Waals surface area contributed by atoms with Crippen molar-refractivity contribution in [3.05, 3.63) is 47.0 Å². The second kappa shape index (κ2) is 9.36. The fourth-order valence-corrected chi connectivity index (χ4v) is 4.54. The van der Waals surface area contributed by atoms with Crippen LogP contribution in [-0.4, -0.2) is 59.4 Å². The summed E-state index contributed by atoms with van der Waals surface area (Å²) in [7, 11) is -2.44. The van der Waals surface area contributed by atoms with Crippen LogP contribution in [0.15, 0.2) is 35.5 Å². The number of hydrogen-bond donors (Lipinski definition) is 0. The van der Waals surface area contributed by atoms with E-state index in [1.54, 1.807) is 13.8 Å². The summed E-state index contributed by atoms with van der Waals surface area (Å²) < 4.78 is 65.6. The molecule has 0 aliphatic rings. The molecule has 0 N–H and O–H groups in total. The number of rotatable bonds is 8. The Bertz CT molecular complexity index is 1000. The Morgan fingerprint density at radius 2 is 1.87 bits per heavy atom. The van der Waals surface area contributed by atoms with Crippen LogP contribution < -0.4 is 0 Å². The number of hydrogen-bond acceptors (Lipinski definition) is 4. The molecule has 12 heteroatoms. The normalized spacial score (nSPS) is 12.4. The molecule has 166 valence electrons. The Morgan fingerprint density at radius 1 is 1.23 bits per heavy atom. The fraction of sp³-hybridized carbons (Fsp3) is 0.444. The van der Waals surface area contributed by atoms with E-state index in [1.165, 1.54) is 41.9 Å². The number of nitrogens with zero attached hydrogens (tertiary/aromatic N) is 4. The second-order valence-electron chi connectivity index (χ2n) is 6.48. The Labute approximate surface area is 178 Å². The highest BCUT2D eigenvalue weighted by Crippen LogP contribution is 2.25. The van der Waals surface area contributed by atoms with Crippen LogP contribution in [0.4, 0.5) is 13.2 Å². The van der Waals surface area contributed by atoms with Gasteiger partial charge in [-0.1, -0.05) is 25.4 Å². The van der Waals surface area contributed by atoms with Crippen LogP contribution in [0.1, 0.15) is 30.0 Å². The van der Waals surface area contributed by atoms with Crippen LogP contribution in [0.25, 0.3) is 0 Å². The molecule has 2 rings (SSSR count). The fourth-order valence-electron chi connectivity index (χ4n) is 2.86. The zero-order chi connectivity index (χ0) is 22.7. The molecule has 1 heterocycles. The van der Waals surface area contributed by atoms with Gasteiger partial charge in [0, 0.05) is 32.5 Å². The van der Waals surface area contributed by atoms with E-state index in [9.17, 15) is 26.4 Å². The monoisotopic (exact) mass is 466 g/mol. The molecule has 0 atom stereocenters. The first-order valence-corrected chi connectivity index (χ1v) is 10.8. The zero-order valence-corrected chi connectivity index (χ0v) is 18.2. The Kier molecular flexibility index (Phi) is 7.54. The molecule has 0 unspecified atom stereocenters. The first-order valence-electron chi connectivity index (χ1n) is 9.02. The molecule has 7 nitrogen and oxygen atoms in total. The summed E-state index contributed by atoms with van der Waals surface area (Å²) in [6.07, 6.45) is -2.05. The highest BCUT2D eigenvalue weighted by molar-refractivity contribution is 7.89. The van der Waals surface area contributed by atoms with Crippen molar-refractivity contribution < 1.29 is 26.4 Å². The van der Waals surface area contributed by atoms with E-state index >= 15 is 0 Å². The summed E-state index contributed by atoms with van der Waals surface area (Å²) in [5.74, 6) is -0.607. The minimum absolute atomic E-state index is 0.0315. The van der Waals surface area contributed by atoms with Crippen LogP contribution in [0, 0.1) is 0 Å². The van der Waals surface area contributed by atoms with Gasteiger partial charge in [0.25, 0.3) is 5.91 Å². The van der Waals surface area contributed by atoms with E-state index in [4.69, 9.17) is 11.6 Å². The zero-order valence-electron chi connectivity index (χ0n) is 16.6. The molecule has 1 aromatic carbocycles. The highest BCUT2D eigenvalue weighted by Gasteiger charge is 2.29. The van der Waals surface area contributed by atoms with Gasteiger partial charge in [-0.3, -0.25) is 4.79 Å². The first-order chi connectivity index (χ1) is 13.9. The molecular formula is C18H22ClF3N4O3S. The van der Waals surface area contributed by atoms with E-state index in [2.05, 4.69) is 4.98 Å². The van der Waals surface area contributed by atoms with Crippen molar-refractivity contribution in [1.29, 1.82) is 0 Å². The van der Waals surface area contributed by atoms with Gasteiger partial charge in [-0.25, -0.2) is 13.4 Å². The summed E-state index contributed by atoms with van der Waals surface area (Å²) in [6.45, 7) is 2.45. The Balaban J connectivity index is 2.30. The molecule has 0 radical (unpaired) electrons. The smallest absolute Gasteiger partial charge is 0.334 e. The number of benzene rings is 1. The maximum Gasteiger partial charge on any atom is 0.406 e. The van der Waals surface area contributed by atoms with Gasteiger partial charge in [-0.15, -0.1) is 0 Å². The van der Waals surface area contributed by atoms with E-state index < -0.39 is 28.7 Å². The first kappa shape index (κ1) is 24.2. The number of alkyl halides is 3. The van der Waals surface area contributed by atoms with Crippen molar-refractivity contribution in [3.63, 3.8) is 0 Å². The number of amides is 1. The van der Waals surface area contributed by atoms with Crippen molar-refractivity contribution in [2.24, 2.45) is 0 Å². The van der Waals surface area contributed by atoms with Gasteiger partial charge in [0.15, 0.2) is 0 Å². The van der Waals surface area contributed by atoms with Crippen LogP contribution in [0.5, 0.6) is 0 Å². The molecular weight excluding hydrogens is 445 g/mol. The molecule has 1 amide bonds. The molecule has 0 aliphatic heterocycles. The third-order valence-electron chi connectivity index (χ3n) is 4.39. The highest BCUT2D eigenvalue weighted by atomic mass is 35.5. The summed E-state index contributed by atoms with van der Waals surface area (Å²) >= 11 is 6.11. The molecule has 0 spiro atoms. The minimum atomic E-state index is -4.44. The molecule has 0 aliphatic carbocycles. The van der Waals surface area contributed by atoms with Crippen LogP contribution in [0.3, 0.4) is 0 Å². The number of imidazole rings is 1. The number of carbonyl (C=O) groups excluding carboxylic acids is 1. The molecule has 1 aromatic heterocycles. The van der Waals surface area contributed by atoms with E-state index in [0.29, 0.717) is 0 Å². The van der Waals surface area contributed by atoms with Gasteiger partial charge in [0.2, 0.25) is 10.0 Å².